The normalized spacial score (nSPS) is 18.4. The van der Waals surface area contributed by atoms with Crippen LogP contribution in [0.5, 0.6) is 0 Å². The molecular formula is C73H133NO10. The number of aliphatic hydroxyl groups is 5. The average molecular weight is 1180 g/mol. The number of ether oxygens (including phenoxy) is 3. The Labute approximate surface area is 516 Å². The van der Waals surface area contributed by atoms with Crippen LogP contribution in [0.15, 0.2) is 60.8 Å². The van der Waals surface area contributed by atoms with E-state index in [2.05, 4.69) is 67.8 Å². The Morgan fingerprint density at radius 2 is 0.810 bits per heavy atom. The van der Waals surface area contributed by atoms with Crippen molar-refractivity contribution >= 4 is 11.9 Å². The molecule has 490 valence electrons. The SMILES string of the molecule is CCCCC/C=C/CC/C=C/C(O)C(COC1OC(CO)C(O)C(O)C1O)NC(=O)CCCCCCCCCCCCCCCCC/C=C\C/C=C\CCCCCCCCCCCOC(=O)CCCCCCC/C=C\CCCCCCCCC. The number of nitrogens with one attached hydrogen (secondary N) is 1. The Bertz CT molecular complexity index is 1580. The van der Waals surface area contributed by atoms with Crippen molar-refractivity contribution in [2.24, 2.45) is 0 Å². The lowest BCUT2D eigenvalue weighted by molar-refractivity contribution is -0.302. The van der Waals surface area contributed by atoms with Gasteiger partial charge in [0.05, 0.1) is 32.0 Å². The molecule has 1 amide bonds. The fraction of sp³-hybridized carbons (Fsp3) is 0.836. The maximum Gasteiger partial charge on any atom is 0.305 e. The zero-order valence-electron chi connectivity index (χ0n) is 54.4. The molecule has 1 heterocycles. The van der Waals surface area contributed by atoms with Crippen molar-refractivity contribution in [1.82, 2.24) is 5.32 Å². The fourth-order valence-electron chi connectivity index (χ4n) is 10.9. The summed E-state index contributed by atoms with van der Waals surface area (Å²) in [7, 11) is 0. The van der Waals surface area contributed by atoms with E-state index in [1.165, 1.54) is 238 Å². The van der Waals surface area contributed by atoms with Gasteiger partial charge in [-0.1, -0.05) is 274 Å². The van der Waals surface area contributed by atoms with Crippen LogP contribution in [0.2, 0.25) is 0 Å². The molecule has 0 bridgehead atoms. The highest BCUT2D eigenvalue weighted by atomic mass is 16.7. The predicted molar refractivity (Wildman–Crippen MR) is 352 cm³/mol. The summed E-state index contributed by atoms with van der Waals surface area (Å²) < 4.78 is 16.7. The monoisotopic (exact) mass is 1180 g/mol. The molecular weight excluding hydrogens is 1050 g/mol. The number of rotatable bonds is 62. The molecule has 84 heavy (non-hydrogen) atoms. The van der Waals surface area contributed by atoms with Crippen LogP contribution in [0.25, 0.3) is 0 Å². The van der Waals surface area contributed by atoms with E-state index in [1.807, 2.05) is 6.08 Å². The van der Waals surface area contributed by atoms with Gasteiger partial charge < -0.3 is 45.1 Å². The lowest BCUT2D eigenvalue weighted by Gasteiger charge is -2.40. The van der Waals surface area contributed by atoms with Gasteiger partial charge in [-0.05, 0) is 103 Å². The van der Waals surface area contributed by atoms with E-state index in [0.717, 1.165) is 64.2 Å². The number of esters is 1. The van der Waals surface area contributed by atoms with Crippen LogP contribution in [0.3, 0.4) is 0 Å². The summed E-state index contributed by atoms with van der Waals surface area (Å²) in [5.74, 6) is -0.196. The van der Waals surface area contributed by atoms with E-state index < -0.39 is 49.5 Å². The van der Waals surface area contributed by atoms with Crippen LogP contribution >= 0.6 is 0 Å². The van der Waals surface area contributed by atoms with Crippen LogP contribution in [0.4, 0.5) is 0 Å². The summed E-state index contributed by atoms with van der Waals surface area (Å²) in [6.07, 6.45) is 72.4. The Morgan fingerprint density at radius 1 is 0.440 bits per heavy atom. The molecule has 0 saturated carbocycles. The predicted octanol–water partition coefficient (Wildman–Crippen LogP) is 18.1. The number of hydrogen-bond acceptors (Lipinski definition) is 10. The highest BCUT2D eigenvalue weighted by Gasteiger charge is 2.44. The van der Waals surface area contributed by atoms with Gasteiger partial charge in [0.15, 0.2) is 6.29 Å². The number of carbonyl (C=O) groups excluding carboxylic acids is 2. The van der Waals surface area contributed by atoms with Gasteiger partial charge in [0.25, 0.3) is 0 Å². The van der Waals surface area contributed by atoms with Crippen molar-refractivity contribution in [2.45, 2.75) is 371 Å². The first kappa shape index (κ1) is 79.4. The van der Waals surface area contributed by atoms with E-state index in [9.17, 15) is 35.1 Å². The molecule has 0 aromatic carbocycles. The number of allylic oxidation sites excluding steroid dienone is 9. The zero-order chi connectivity index (χ0) is 60.9. The van der Waals surface area contributed by atoms with Crippen LogP contribution in [-0.2, 0) is 23.8 Å². The van der Waals surface area contributed by atoms with E-state index in [4.69, 9.17) is 14.2 Å². The summed E-state index contributed by atoms with van der Waals surface area (Å²) in [5.41, 5.74) is 0. The van der Waals surface area contributed by atoms with Crippen LogP contribution < -0.4 is 5.32 Å². The van der Waals surface area contributed by atoms with Crippen LogP contribution in [0.1, 0.15) is 328 Å². The molecule has 1 rings (SSSR count). The van der Waals surface area contributed by atoms with E-state index in [1.54, 1.807) is 6.08 Å². The second kappa shape index (κ2) is 62.0. The molecule has 1 aliphatic heterocycles. The highest BCUT2D eigenvalue weighted by Crippen LogP contribution is 2.23. The van der Waals surface area contributed by atoms with Crippen molar-refractivity contribution < 1.29 is 49.3 Å². The van der Waals surface area contributed by atoms with Crippen molar-refractivity contribution in [2.75, 3.05) is 19.8 Å². The van der Waals surface area contributed by atoms with Gasteiger partial charge in [-0.15, -0.1) is 0 Å². The number of carbonyl (C=O) groups is 2. The fourth-order valence-corrected chi connectivity index (χ4v) is 10.9. The third-order valence-electron chi connectivity index (χ3n) is 16.6. The molecule has 0 radical (unpaired) electrons. The smallest absolute Gasteiger partial charge is 0.305 e. The lowest BCUT2D eigenvalue weighted by atomic mass is 9.99. The van der Waals surface area contributed by atoms with Crippen LogP contribution in [-0.4, -0.2) is 100 Å². The van der Waals surface area contributed by atoms with E-state index in [0.29, 0.717) is 19.4 Å². The molecule has 0 aliphatic carbocycles. The third-order valence-corrected chi connectivity index (χ3v) is 16.6. The summed E-state index contributed by atoms with van der Waals surface area (Å²) in [6.45, 7) is 4.29. The summed E-state index contributed by atoms with van der Waals surface area (Å²) in [5, 5.41) is 54.2. The maximum absolute atomic E-state index is 13.0. The van der Waals surface area contributed by atoms with Crippen LogP contribution in [0, 0.1) is 0 Å². The minimum absolute atomic E-state index is 0.00262. The first-order valence-electron chi connectivity index (χ1n) is 35.6. The summed E-state index contributed by atoms with van der Waals surface area (Å²) in [6, 6.07) is -0.827. The molecule has 7 atom stereocenters. The van der Waals surface area contributed by atoms with Crippen molar-refractivity contribution in [3.63, 3.8) is 0 Å². The minimum Gasteiger partial charge on any atom is -0.466 e. The summed E-state index contributed by atoms with van der Waals surface area (Å²) in [4.78, 5) is 25.1. The molecule has 1 fully saturated rings. The Hall–Kier alpha value is -2.64. The van der Waals surface area contributed by atoms with Crippen molar-refractivity contribution in [3.05, 3.63) is 60.8 Å². The zero-order valence-corrected chi connectivity index (χ0v) is 54.4. The topological polar surface area (TPSA) is 175 Å². The van der Waals surface area contributed by atoms with Gasteiger partial charge >= 0.3 is 5.97 Å². The molecule has 1 aliphatic rings. The van der Waals surface area contributed by atoms with Gasteiger partial charge in [0.1, 0.15) is 24.4 Å². The molecule has 11 nitrogen and oxygen atoms in total. The molecule has 0 spiro atoms. The molecule has 1 saturated heterocycles. The van der Waals surface area contributed by atoms with E-state index >= 15 is 0 Å². The average Bonchev–Trinajstić information content (AvgIpc) is 3.34. The summed E-state index contributed by atoms with van der Waals surface area (Å²) >= 11 is 0. The first-order valence-corrected chi connectivity index (χ1v) is 35.6. The molecule has 11 heteroatoms. The lowest BCUT2D eigenvalue weighted by Crippen LogP contribution is -2.60. The molecule has 6 N–H and O–H groups in total. The third kappa shape index (κ3) is 50.4. The largest absolute Gasteiger partial charge is 0.466 e. The van der Waals surface area contributed by atoms with Gasteiger partial charge in [0, 0.05) is 12.8 Å². The number of hydrogen-bond donors (Lipinski definition) is 6. The Kier molecular flexibility index (Phi) is 58.6. The number of aliphatic hydroxyl groups excluding tert-OH is 5. The first-order chi connectivity index (χ1) is 41.2. The maximum atomic E-state index is 13.0. The van der Waals surface area contributed by atoms with Gasteiger partial charge in [0.2, 0.25) is 5.91 Å². The molecule has 0 aromatic rings. The number of amides is 1. The van der Waals surface area contributed by atoms with Gasteiger partial charge in [-0.25, -0.2) is 0 Å². The minimum atomic E-state index is -1.58. The Morgan fingerprint density at radius 3 is 1.27 bits per heavy atom. The second-order valence-corrected chi connectivity index (χ2v) is 24.6. The van der Waals surface area contributed by atoms with Gasteiger partial charge in [-0.2, -0.15) is 0 Å². The van der Waals surface area contributed by atoms with Crippen molar-refractivity contribution in [3.8, 4) is 0 Å². The Balaban J connectivity index is 1.92. The standard InChI is InChI=1S/C73H133NO10/c1-3-5-7-9-11-13-14-15-16-35-38-41-45-49-53-57-61-69(78)82-62-58-54-50-46-42-39-36-33-31-29-27-25-23-21-19-17-18-20-22-24-26-28-30-32-34-37-40-44-48-52-56-60-68(77)74-65(66(76)59-55-51-47-43-12-10-8-6-4-2)64-83-73-72(81)71(80)70(79)67(63-75)84-73/h12,16,19,21,25,27,35,43,55,59,65-67,70-73,75-76,79-81H,3-11,13-15,17-18,20,22-24,26,28-34,36-42,44-54,56-58,60-64H2,1-2H3,(H,74,77)/b21-19-,27-25-,35-16-,43-12+,59-55+. The highest BCUT2D eigenvalue weighted by molar-refractivity contribution is 5.76. The quantitative estimate of drug-likeness (QED) is 0.0195. The molecule has 7 unspecified atom stereocenters. The number of unbranched alkanes of at least 4 members (excludes halogenated alkanes) is 40. The van der Waals surface area contributed by atoms with Gasteiger partial charge in [-0.3, -0.25) is 9.59 Å². The van der Waals surface area contributed by atoms with Crippen molar-refractivity contribution in [1.29, 1.82) is 0 Å². The molecule has 0 aromatic heterocycles. The van der Waals surface area contributed by atoms with E-state index in [-0.39, 0.29) is 18.5 Å². The second-order valence-electron chi connectivity index (χ2n) is 24.6.